The molecular weight excluding hydrogens is 584 g/mol. The van der Waals surface area contributed by atoms with E-state index in [9.17, 15) is 28.1 Å². The summed E-state index contributed by atoms with van der Waals surface area (Å²) in [5.74, 6) is -1.39. The van der Waals surface area contributed by atoms with Gasteiger partial charge in [-0.25, -0.2) is 13.2 Å². The second kappa shape index (κ2) is 11.8. The Morgan fingerprint density at radius 2 is 1.55 bits per heavy atom. The number of non-ortho nitro benzene ring substituents is 1. The van der Waals surface area contributed by atoms with Crippen LogP contribution in [-0.4, -0.2) is 31.8 Å². The van der Waals surface area contributed by atoms with Crippen molar-refractivity contribution in [3.8, 4) is 11.3 Å². The van der Waals surface area contributed by atoms with E-state index in [0.717, 1.165) is 17.7 Å². The molecule has 0 aliphatic rings. The van der Waals surface area contributed by atoms with Crippen LogP contribution < -0.4 is 4.31 Å². The smallest absolute Gasteiger partial charge is 0.342 e. The summed E-state index contributed by atoms with van der Waals surface area (Å²) < 4.78 is 40.9. The van der Waals surface area contributed by atoms with Gasteiger partial charge in [-0.3, -0.25) is 14.9 Å². The van der Waals surface area contributed by atoms with Gasteiger partial charge in [0.05, 0.1) is 22.1 Å². The third-order valence-corrected chi connectivity index (χ3v) is 9.05. The average molecular weight is 613 g/mol. The zero-order valence-corrected chi connectivity index (χ0v) is 25.2. The van der Waals surface area contributed by atoms with Gasteiger partial charge >= 0.3 is 5.97 Å². The number of fused-ring (bicyclic) bond motifs is 1. The Kier molecular flexibility index (Phi) is 8.07. The number of carbonyl (C=O) groups excluding carboxylic acids is 2. The first-order valence-electron chi connectivity index (χ1n) is 13.6. The molecule has 5 rings (SSSR count). The molecule has 0 saturated heterocycles. The third-order valence-electron chi connectivity index (χ3n) is 7.03. The lowest BCUT2D eigenvalue weighted by Crippen LogP contribution is -2.37. The van der Waals surface area contributed by atoms with Crippen molar-refractivity contribution in [3.05, 3.63) is 123 Å². The van der Waals surface area contributed by atoms with Crippen molar-refractivity contribution < 1.29 is 32.1 Å². The number of nitro benzene ring substituents is 1. The molecule has 0 saturated carbocycles. The van der Waals surface area contributed by atoms with Gasteiger partial charge in [0.25, 0.3) is 21.6 Å². The lowest BCUT2D eigenvalue weighted by atomic mass is 10.1. The van der Waals surface area contributed by atoms with E-state index in [1.165, 1.54) is 30.3 Å². The second-order valence-corrected chi connectivity index (χ2v) is 11.9. The van der Waals surface area contributed by atoms with Gasteiger partial charge in [-0.1, -0.05) is 48.0 Å². The highest BCUT2D eigenvalue weighted by Crippen LogP contribution is 2.38. The number of nitrogens with zero attached hydrogens (tertiary/aromatic N) is 2. The molecule has 0 radical (unpaired) electrons. The average Bonchev–Trinajstić information content (AvgIpc) is 3.36. The summed E-state index contributed by atoms with van der Waals surface area (Å²) in [5.41, 5.74) is 2.27. The van der Waals surface area contributed by atoms with Gasteiger partial charge < -0.3 is 9.15 Å². The highest BCUT2D eigenvalue weighted by molar-refractivity contribution is 7.93. The van der Waals surface area contributed by atoms with Crippen LogP contribution in [0.2, 0.25) is 0 Å². The Bertz CT molecular complexity index is 2010. The van der Waals surface area contributed by atoms with Crippen molar-refractivity contribution in [2.24, 2.45) is 0 Å². The minimum absolute atomic E-state index is 0.0544. The number of amides is 1. The number of esters is 1. The lowest BCUT2D eigenvalue weighted by Gasteiger charge is -2.25. The maximum absolute atomic E-state index is 14.4. The van der Waals surface area contributed by atoms with E-state index >= 15 is 0 Å². The largest absolute Gasteiger partial charge is 0.462 e. The van der Waals surface area contributed by atoms with Crippen LogP contribution in [0, 0.1) is 30.9 Å². The molecule has 1 amide bonds. The zero-order valence-electron chi connectivity index (χ0n) is 24.4. The maximum Gasteiger partial charge on any atom is 0.342 e. The molecule has 224 valence electrons. The number of carbonyl (C=O) groups is 2. The summed E-state index contributed by atoms with van der Waals surface area (Å²) in [4.78, 5) is 37.9. The highest BCUT2D eigenvalue weighted by atomic mass is 32.2. The van der Waals surface area contributed by atoms with E-state index in [1.807, 2.05) is 13.0 Å². The van der Waals surface area contributed by atoms with Crippen molar-refractivity contribution in [1.82, 2.24) is 0 Å². The van der Waals surface area contributed by atoms with Crippen molar-refractivity contribution in [3.63, 3.8) is 0 Å². The van der Waals surface area contributed by atoms with Crippen LogP contribution in [-0.2, 0) is 14.8 Å². The van der Waals surface area contributed by atoms with Gasteiger partial charge in [-0.2, -0.15) is 4.31 Å². The standard InChI is InChI=1S/C33H28N2O8S/c1-5-42-33(37)29-27-19-26(15-16-28(27)43-30(29)23-9-7-6-8-10-23)34(32(36)24-11-13-25(14-12-24)35(38)39)44(40,41)31-21(3)17-20(2)18-22(31)4/h6-19H,5H2,1-4H3. The lowest BCUT2D eigenvalue weighted by molar-refractivity contribution is -0.384. The quantitative estimate of drug-likeness (QED) is 0.102. The summed E-state index contributed by atoms with van der Waals surface area (Å²) in [6.07, 6.45) is 0. The molecule has 1 heterocycles. The Hall–Kier alpha value is -5.29. The number of ether oxygens (including phenoxy) is 1. The molecule has 0 unspecified atom stereocenters. The van der Waals surface area contributed by atoms with Gasteiger partial charge in [0.2, 0.25) is 0 Å². The van der Waals surface area contributed by atoms with Crippen molar-refractivity contribution in [1.29, 1.82) is 0 Å². The first kappa shape index (κ1) is 30.2. The number of anilines is 1. The second-order valence-electron chi connectivity index (χ2n) is 10.2. The molecule has 0 atom stereocenters. The molecule has 1 aromatic heterocycles. The van der Waals surface area contributed by atoms with E-state index in [1.54, 1.807) is 57.2 Å². The number of hydrogen-bond donors (Lipinski definition) is 0. The number of nitro groups is 1. The summed E-state index contributed by atoms with van der Waals surface area (Å²) in [7, 11) is -4.56. The van der Waals surface area contributed by atoms with Gasteiger partial charge in [0, 0.05) is 28.6 Å². The molecule has 44 heavy (non-hydrogen) atoms. The molecular formula is C33H28N2O8S. The first-order chi connectivity index (χ1) is 20.9. The summed E-state index contributed by atoms with van der Waals surface area (Å²) >= 11 is 0. The predicted molar refractivity (Wildman–Crippen MR) is 165 cm³/mol. The Balaban J connectivity index is 1.77. The molecule has 0 aliphatic heterocycles. The normalized spacial score (nSPS) is 11.4. The van der Waals surface area contributed by atoms with Crippen molar-refractivity contribution in [2.75, 3.05) is 10.9 Å². The summed E-state index contributed by atoms with van der Waals surface area (Å²) in [6, 6.07) is 21.3. The Morgan fingerprint density at radius 1 is 0.909 bits per heavy atom. The number of benzene rings is 4. The Morgan fingerprint density at radius 3 is 2.14 bits per heavy atom. The number of rotatable bonds is 8. The fraction of sp³-hybridized carbons (Fsp3) is 0.152. The van der Waals surface area contributed by atoms with Crippen LogP contribution in [0.4, 0.5) is 11.4 Å². The number of aryl methyl sites for hydroxylation is 3. The zero-order chi connectivity index (χ0) is 31.8. The van der Waals surface area contributed by atoms with E-state index in [4.69, 9.17) is 9.15 Å². The van der Waals surface area contributed by atoms with Gasteiger partial charge in [-0.05, 0) is 69.2 Å². The maximum atomic E-state index is 14.4. The van der Waals surface area contributed by atoms with Crippen LogP contribution in [0.1, 0.15) is 44.3 Å². The van der Waals surface area contributed by atoms with Crippen LogP contribution in [0.25, 0.3) is 22.3 Å². The van der Waals surface area contributed by atoms with Gasteiger partial charge in [0.15, 0.2) is 0 Å². The topological polar surface area (TPSA) is 137 Å². The van der Waals surface area contributed by atoms with Gasteiger partial charge in [0.1, 0.15) is 16.9 Å². The molecule has 10 nitrogen and oxygen atoms in total. The molecule has 11 heteroatoms. The molecule has 0 spiro atoms. The molecule has 4 aromatic carbocycles. The monoisotopic (exact) mass is 612 g/mol. The van der Waals surface area contributed by atoms with Gasteiger partial charge in [-0.15, -0.1) is 0 Å². The fourth-order valence-electron chi connectivity index (χ4n) is 5.28. The first-order valence-corrected chi connectivity index (χ1v) is 15.1. The third kappa shape index (κ3) is 5.45. The van der Waals surface area contributed by atoms with Crippen molar-refractivity contribution in [2.45, 2.75) is 32.6 Å². The van der Waals surface area contributed by atoms with E-state index < -0.39 is 26.8 Å². The number of sulfonamides is 1. The molecule has 5 aromatic rings. The van der Waals surface area contributed by atoms with Crippen molar-refractivity contribution >= 4 is 44.2 Å². The Labute approximate surface area is 253 Å². The fourth-order valence-corrected chi connectivity index (χ4v) is 7.11. The van der Waals surface area contributed by atoms with Crippen LogP contribution >= 0.6 is 0 Å². The number of hydrogen-bond acceptors (Lipinski definition) is 8. The summed E-state index contributed by atoms with van der Waals surface area (Å²) in [6.45, 7) is 6.88. The minimum Gasteiger partial charge on any atom is -0.462 e. The van der Waals surface area contributed by atoms with E-state index in [-0.39, 0.29) is 50.7 Å². The predicted octanol–water partition coefficient (Wildman–Crippen LogP) is 7.15. The number of furan rings is 1. The summed E-state index contributed by atoms with van der Waals surface area (Å²) in [5, 5.41) is 11.5. The van der Waals surface area contributed by atoms with Crippen LogP contribution in [0.5, 0.6) is 0 Å². The minimum atomic E-state index is -4.56. The molecule has 0 bridgehead atoms. The molecule has 0 aliphatic carbocycles. The van der Waals surface area contributed by atoms with Crippen LogP contribution in [0.15, 0.2) is 94.2 Å². The van der Waals surface area contributed by atoms with E-state index in [0.29, 0.717) is 21.0 Å². The SMILES string of the molecule is CCOC(=O)c1c(-c2ccccc2)oc2ccc(N(C(=O)c3ccc([N+](=O)[O-])cc3)S(=O)(=O)c3c(C)cc(C)cc3C)cc12. The highest BCUT2D eigenvalue weighted by Gasteiger charge is 2.35. The molecule has 0 fully saturated rings. The molecule has 0 N–H and O–H groups in total. The van der Waals surface area contributed by atoms with Crippen LogP contribution in [0.3, 0.4) is 0 Å². The van der Waals surface area contributed by atoms with E-state index in [2.05, 4.69) is 0 Å².